The lowest BCUT2D eigenvalue weighted by Crippen LogP contribution is -2.27. The van der Waals surface area contributed by atoms with Crippen molar-refractivity contribution in [1.29, 1.82) is 0 Å². The van der Waals surface area contributed by atoms with Crippen molar-refractivity contribution in [3.63, 3.8) is 0 Å². The van der Waals surface area contributed by atoms with Crippen LogP contribution in [0.3, 0.4) is 0 Å². The van der Waals surface area contributed by atoms with E-state index >= 15 is 0 Å². The van der Waals surface area contributed by atoms with Crippen molar-refractivity contribution in [2.75, 3.05) is 19.6 Å². The third-order valence-corrected chi connectivity index (χ3v) is 5.70. The molecular weight excluding hydrogens is 362 g/mol. The van der Waals surface area contributed by atoms with Gasteiger partial charge < -0.3 is 8.97 Å². The van der Waals surface area contributed by atoms with Gasteiger partial charge in [0.05, 0.1) is 11.0 Å². The topological polar surface area (TPSA) is 42.0 Å². The van der Waals surface area contributed by atoms with Crippen LogP contribution in [0.1, 0.15) is 12.8 Å². The summed E-state index contributed by atoms with van der Waals surface area (Å²) in [6.45, 7) is 3.13. The summed E-state index contributed by atoms with van der Waals surface area (Å²) in [5, 5.41) is 0. The highest BCUT2D eigenvalue weighted by Gasteiger charge is 2.28. The third-order valence-electron chi connectivity index (χ3n) is 5.70. The SMILES string of the molecule is O=c1c2cc(F)cn2c2ccc(F)cc2n1CCCN1CC2=NC=CCC2C1. The second-order valence-corrected chi connectivity index (χ2v) is 7.53. The van der Waals surface area contributed by atoms with Gasteiger partial charge in [-0.1, -0.05) is 6.08 Å². The van der Waals surface area contributed by atoms with E-state index in [0.29, 0.717) is 23.5 Å². The standard InChI is InChI=1S/C21H20F2N4O/c22-15-4-5-18-19(9-15)26(21(28)20-10-16(23)12-27(18)20)8-2-7-25-11-14-3-1-6-24-17(14)13-25/h1,4-6,9-10,12,14H,2-3,7-8,11,13H2. The number of aryl methyl sites for hydroxylation is 1. The predicted octanol–water partition coefficient (Wildman–Crippen LogP) is 3.21. The summed E-state index contributed by atoms with van der Waals surface area (Å²) in [5.74, 6) is -0.390. The van der Waals surface area contributed by atoms with Crippen molar-refractivity contribution in [2.24, 2.45) is 10.9 Å². The smallest absolute Gasteiger partial charge is 0.275 e. The Balaban J connectivity index is 1.43. The van der Waals surface area contributed by atoms with Crippen LogP contribution in [-0.2, 0) is 6.54 Å². The van der Waals surface area contributed by atoms with E-state index in [1.54, 1.807) is 10.6 Å². The van der Waals surface area contributed by atoms with Gasteiger partial charge in [0.25, 0.3) is 5.56 Å². The zero-order valence-electron chi connectivity index (χ0n) is 15.3. The van der Waals surface area contributed by atoms with E-state index in [2.05, 4.69) is 16.0 Å². The molecule has 1 aromatic carbocycles. The lowest BCUT2D eigenvalue weighted by Gasteiger charge is -2.17. The molecule has 1 fully saturated rings. The first-order valence-electron chi connectivity index (χ1n) is 9.54. The maximum Gasteiger partial charge on any atom is 0.275 e. The highest BCUT2D eigenvalue weighted by Crippen LogP contribution is 2.22. The monoisotopic (exact) mass is 382 g/mol. The molecule has 4 heterocycles. The summed E-state index contributed by atoms with van der Waals surface area (Å²) in [4.78, 5) is 19.7. The number of nitrogens with zero attached hydrogens (tertiary/aromatic N) is 4. The minimum atomic E-state index is -0.477. The quantitative estimate of drug-likeness (QED) is 0.695. The number of rotatable bonds is 4. The fourth-order valence-corrected chi connectivity index (χ4v) is 4.37. The second-order valence-electron chi connectivity index (χ2n) is 7.53. The third kappa shape index (κ3) is 2.86. The number of fused-ring (bicyclic) bond motifs is 4. The fourth-order valence-electron chi connectivity index (χ4n) is 4.37. The number of likely N-dealkylation sites (tertiary alicyclic amines) is 1. The van der Waals surface area contributed by atoms with E-state index < -0.39 is 11.6 Å². The summed E-state index contributed by atoms with van der Waals surface area (Å²) >= 11 is 0. The second kappa shape index (κ2) is 6.67. The Bertz CT molecular complexity index is 1190. The van der Waals surface area contributed by atoms with Crippen molar-refractivity contribution < 1.29 is 8.78 Å². The molecule has 2 aliphatic rings. The van der Waals surface area contributed by atoms with Gasteiger partial charge in [0.15, 0.2) is 0 Å². The van der Waals surface area contributed by atoms with E-state index in [4.69, 9.17) is 0 Å². The molecule has 7 heteroatoms. The summed E-state index contributed by atoms with van der Waals surface area (Å²) in [6, 6.07) is 5.50. The normalized spacial score (nSPS) is 19.5. The van der Waals surface area contributed by atoms with Crippen molar-refractivity contribution in [3.05, 3.63) is 64.7 Å². The van der Waals surface area contributed by atoms with Crippen LogP contribution in [0, 0.1) is 17.6 Å². The molecule has 0 saturated carbocycles. The van der Waals surface area contributed by atoms with Crippen molar-refractivity contribution in [1.82, 2.24) is 13.9 Å². The largest absolute Gasteiger partial charge is 0.307 e. The Morgan fingerprint density at radius 2 is 1.93 bits per heavy atom. The van der Waals surface area contributed by atoms with Crippen LogP contribution in [-0.4, -0.2) is 39.2 Å². The molecule has 0 aliphatic carbocycles. The van der Waals surface area contributed by atoms with Gasteiger partial charge >= 0.3 is 0 Å². The molecule has 0 bridgehead atoms. The molecule has 5 rings (SSSR count). The Kier molecular flexibility index (Phi) is 4.12. The molecule has 2 aromatic heterocycles. The number of hydrogen-bond acceptors (Lipinski definition) is 3. The Morgan fingerprint density at radius 3 is 2.79 bits per heavy atom. The number of hydrogen-bond donors (Lipinski definition) is 0. The minimum absolute atomic E-state index is 0.268. The summed E-state index contributed by atoms with van der Waals surface area (Å²) < 4.78 is 30.7. The molecule has 28 heavy (non-hydrogen) atoms. The van der Waals surface area contributed by atoms with Crippen LogP contribution in [0.5, 0.6) is 0 Å². The number of aliphatic imine (C=N–C) groups is 1. The van der Waals surface area contributed by atoms with Gasteiger partial charge in [-0.25, -0.2) is 8.78 Å². The Hall–Kier alpha value is -2.80. The molecule has 2 aliphatic heterocycles. The Morgan fingerprint density at radius 1 is 1.07 bits per heavy atom. The Labute approximate surface area is 160 Å². The maximum absolute atomic E-state index is 13.9. The van der Waals surface area contributed by atoms with Crippen molar-refractivity contribution >= 4 is 22.3 Å². The highest BCUT2D eigenvalue weighted by molar-refractivity contribution is 5.91. The van der Waals surface area contributed by atoms with Gasteiger partial charge in [-0.15, -0.1) is 0 Å². The molecule has 1 atom stereocenters. The van der Waals surface area contributed by atoms with Crippen molar-refractivity contribution in [3.8, 4) is 0 Å². The van der Waals surface area contributed by atoms with Crippen molar-refractivity contribution in [2.45, 2.75) is 19.4 Å². The molecule has 3 aromatic rings. The highest BCUT2D eigenvalue weighted by atomic mass is 19.1. The van der Waals surface area contributed by atoms with E-state index in [-0.39, 0.29) is 11.1 Å². The van der Waals surface area contributed by atoms with Gasteiger partial charge in [0.1, 0.15) is 17.2 Å². The fraction of sp³-hybridized carbons (Fsp3) is 0.333. The van der Waals surface area contributed by atoms with Crippen LogP contribution < -0.4 is 5.56 Å². The molecule has 144 valence electrons. The van der Waals surface area contributed by atoms with Crippen LogP contribution >= 0.6 is 0 Å². The molecule has 5 nitrogen and oxygen atoms in total. The van der Waals surface area contributed by atoms with Gasteiger partial charge in [-0.3, -0.25) is 14.7 Å². The van der Waals surface area contributed by atoms with E-state index in [1.807, 2.05) is 6.20 Å². The van der Waals surface area contributed by atoms with Crippen LogP contribution in [0.2, 0.25) is 0 Å². The first-order chi connectivity index (χ1) is 13.6. The lowest BCUT2D eigenvalue weighted by molar-refractivity contribution is 0.314. The first kappa shape index (κ1) is 17.3. The van der Waals surface area contributed by atoms with Crippen LogP contribution in [0.25, 0.3) is 16.6 Å². The molecule has 0 radical (unpaired) electrons. The molecule has 0 spiro atoms. The van der Waals surface area contributed by atoms with Gasteiger partial charge in [-0.2, -0.15) is 0 Å². The van der Waals surface area contributed by atoms with Gasteiger partial charge in [0, 0.05) is 56.3 Å². The summed E-state index contributed by atoms with van der Waals surface area (Å²) in [7, 11) is 0. The first-order valence-corrected chi connectivity index (χ1v) is 9.54. The van der Waals surface area contributed by atoms with Crippen LogP contribution in [0.4, 0.5) is 8.78 Å². The maximum atomic E-state index is 13.9. The average Bonchev–Trinajstić information content (AvgIpc) is 3.27. The van der Waals surface area contributed by atoms with Gasteiger partial charge in [-0.05, 0) is 31.0 Å². The average molecular weight is 382 g/mol. The zero-order chi connectivity index (χ0) is 19.3. The minimum Gasteiger partial charge on any atom is -0.307 e. The lowest BCUT2D eigenvalue weighted by atomic mass is 10.0. The summed E-state index contributed by atoms with van der Waals surface area (Å²) in [5.41, 5.74) is 2.30. The van der Waals surface area contributed by atoms with E-state index in [0.717, 1.165) is 32.5 Å². The number of allylic oxidation sites excluding steroid dienone is 1. The number of benzene rings is 1. The summed E-state index contributed by atoms with van der Waals surface area (Å²) in [6.07, 6.45) is 7.03. The number of halogens is 2. The van der Waals surface area contributed by atoms with Gasteiger partial charge in [0.2, 0.25) is 0 Å². The number of aromatic nitrogens is 2. The molecular formula is C21H20F2N4O. The molecule has 0 amide bonds. The molecule has 0 N–H and O–H groups in total. The predicted molar refractivity (Wildman–Crippen MR) is 105 cm³/mol. The zero-order valence-corrected chi connectivity index (χ0v) is 15.3. The molecule has 1 saturated heterocycles. The van der Waals surface area contributed by atoms with E-state index in [1.165, 1.54) is 34.5 Å². The van der Waals surface area contributed by atoms with Crippen LogP contribution in [0.15, 0.2) is 52.5 Å². The van der Waals surface area contributed by atoms with E-state index in [9.17, 15) is 13.6 Å². The molecule has 1 unspecified atom stereocenters.